The van der Waals surface area contributed by atoms with Crippen LogP contribution in [0.2, 0.25) is 10.2 Å². The van der Waals surface area contributed by atoms with Gasteiger partial charge in [0, 0.05) is 68.7 Å². The van der Waals surface area contributed by atoms with E-state index in [0.29, 0.717) is 60.4 Å². The predicted octanol–water partition coefficient (Wildman–Crippen LogP) is 5.52. The van der Waals surface area contributed by atoms with Gasteiger partial charge in [0.25, 0.3) is 0 Å². The number of halogens is 2. The molecule has 0 radical (unpaired) electrons. The minimum absolute atomic E-state index is 0.375. The summed E-state index contributed by atoms with van der Waals surface area (Å²) >= 11 is 13.0. The second-order valence-electron chi connectivity index (χ2n) is 9.94. The van der Waals surface area contributed by atoms with Crippen LogP contribution in [0, 0.1) is 22.7 Å². The smallest absolute Gasteiger partial charge is 0.152 e. The van der Waals surface area contributed by atoms with Gasteiger partial charge in [-0.3, -0.25) is 4.98 Å². The standard InChI is InChI=1S/C27H35Cl2N5O2/c1-35-11-8-31-21-4-2-19(3-5-21)12-22-14-23(24(28)16-32-22)20-13-25(26(29)33-15-20)34-18-27(17-30)6-9-36-10-7-27/h13-16,19,21,31,34H,2-12,18H2,1H3. The van der Waals surface area contributed by atoms with E-state index >= 15 is 0 Å². The van der Waals surface area contributed by atoms with Crippen LogP contribution in [-0.4, -0.2) is 56.0 Å². The molecule has 0 bridgehead atoms. The number of aromatic nitrogens is 2. The van der Waals surface area contributed by atoms with E-state index in [-0.39, 0.29) is 0 Å². The van der Waals surface area contributed by atoms with Gasteiger partial charge in [0.1, 0.15) is 0 Å². The average molecular weight is 533 g/mol. The Kier molecular flexibility index (Phi) is 9.80. The molecule has 2 N–H and O–H groups in total. The highest BCUT2D eigenvalue weighted by atomic mass is 35.5. The highest BCUT2D eigenvalue weighted by molar-refractivity contribution is 6.33. The minimum atomic E-state index is -0.461. The maximum atomic E-state index is 9.76. The number of nitrogens with one attached hydrogen (secondary N) is 2. The Morgan fingerprint density at radius 2 is 1.92 bits per heavy atom. The lowest BCUT2D eigenvalue weighted by Gasteiger charge is -2.31. The normalized spacial score (nSPS) is 21.6. The predicted molar refractivity (Wildman–Crippen MR) is 143 cm³/mol. The van der Waals surface area contributed by atoms with Crippen molar-refractivity contribution >= 4 is 28.9 Å². The van der Waals surface area contributed by atoms with Gasteiger partial charge < -0.3 is 20.1 Å². The third-order valence-electron chi connectivity index (χ3n) is 7.45. The van der Waals surface area contributed by atoms with Gasteiger partial charge in [0.2, 0.25) is 0 Å². The Morgan fingerprint density at radius 3 is 2.64 bits per heavy atom. The van der Waals surface area contributed by atoms with E-state index in [9.17, 15) is 5.26 Å². The zero-order chi connectivity index (χ0) is 25.4. The number of hydrogen-bond donors (Lipinski definition) is 2. The van der Waals surface area contributed by atoms with E-state index in [4.69, 9.17) is 32.7 Å². The number of nitrogens with zero attached hydrogens (tertiary/aromatic N) is 3. The molecule has 0 spiro atoms. The van der Waals surface area contributed by atoms with Gasteiger partial charge in [-0.25, -0.2) is 4.98 Å². The van der Waals surface area contributed by atoms with Gasteiger partial charge in [-0.1, -0.05) is 23.2 Å². The SMILES string of the molecule is COCCNC1CCC(Cc2cc(-c3cnc(Cl)c(NCC4(C#N)CCOCC4)c3)c(Cl)cn2)CC1. The van der Waals surface area contributed by atoms with Crippen molar-refractivity contribution in [1.82, 2.24) is 15.3 Å². The number of nitriles is 1. The van der Waals surface area contributed by atoms with Crippen LogP contribution in [0.5, 0.6) is 0 Å². The Labute approximate surface area is 223 Å². The van der Waals surface area contributed by atoms with E-state index in [1.54, 1.807) is 19.5 Å². The lowest BCUT2D eigenvalue weighted by atomic mass is 9.81. The second-order valence-corrected chi connectivity index (χ2v) is 10.7. The van der Waals surface area contributed by atoms with Crippen molar-refractivity contribution in [3.63, 3.8) is 0 Å². The van der Waals surface area contributed by atoms with Crippen molar-refractivity contribution < 1.29 is 9.47 Å². The zero-order valence-electron chi connectivity index (χ0n) is 20.9. The lowest BCUT2D eigenvalue weighted by molar-refractivity contribution is 0.0456. The number of anilines is 1. The minimum Gasteiger partial charge on any atom is -0.383 e. The van der Waals surface area contributed by atoms with Gasteiger partial charge in [0.15, 0.2) is 5.15 Å². The van der Waals surface area contributed by atoms with Crippen LogP contribution in [0.4, 0.5) is 5.69 Å². The first-order chi connectivity index (χ1) is 17.5. The zero-order valence-corrected chi connectivity index (χ0v) is 22.4. The summed E-state index contributed by atoms with van der Waals surface area (Å²) in [7, 11) is 1.74. The van der Waals surface area contributed by atoms with Crippen molar-refractivity contribution in [3.05, 3.63) is 40.4 Å². The Hall–Kier alpha value is -1.95. The van der Waals surface area contributed by atoms with Crippen LogP contribution >= 0.6 is 23.2 Å². The van der Waals surface area contributed by atoms with Crippen LogP contribution in [0.25, 0.3) is 11.1 Å². The molecular formula is C27H35Cl2N5O2. The maximum absolute atomic E-state index is 9.76. The van der Waals surface area contributed by atoms with Gasteiger partial charge in [-0.15, -0.1) is 0 Å². The summed E-state index contributed by atoms with van der Waals surface area (Å²) in [4.78, 5) is 9.02. The van der Waals surface area contributed by atoms with E-state index < -0.39 is 5.41 Å². The third kappa shape index (κ3) is 7.08. The van der Waals surface area contributed by atoms with Crippen molar-refractivity contribution in [3.8, 4) is 17.2 Å². The molecule has 1 aliphatic heterocycles. The van der Waals surface area contributed by atoms with E-state index in [0.717, 1.165) is 36.4 Å². The monoisotopic (exact) mass is 531 g/mol. The largest absolute Gasteiger partial charge is 0.383 e. The van der Waals surface area contributed by atoms with Crippen molar-refractivity contribution in [1.29, 1.82) is 5.26 Å². The molecule has 2 fully saturated rings. The van der Waals surface area contributed by atoms with Crippen molar-refractivity contribution in [2.24, 2.45) is 11.3 Å². The molecule has 1 saturated carbocycles. The first kappa shape index (κ1) is 27.1. The van der Waals surface area contributed by atoms with Gasteiger partial charge in [-0.05, 0) is 63.0 Å². The van der Waals surface area contributed by atoms with Crippen LogP contribution < -0.4 is 10.6 Å². The molecule has 9 heteroatoms. The number of ether oxygens (including phenoxy) is 2. The van der Waals surface area contributed by atoms with E-state index in [2.05, 4.69) is 32.7 Å². The van der Waals surface area contributed by atoms with Crippen molar-refractivity contribution in [2.45, 2.75) is 51.0 Å². The summed E-state index contributed by atoms with van der Waals surface area (Å²) in [6, 6.07) is 7.10. The number of hydrogen-bond acceptors (Lipinski definition) is 7. The molecule has 36 heavy (non-hydrogen) atoms. The van der Waals surface area contributed by atoms with E-state index in [1.807, 2.05) is 6.07 Å². The summed E-state index contributed by atoms with van der Waals surface area (Å²) in [5, 5.41) is 17.7. The highest BCUT2D eigenvalue weighted by Gasteiger charge is 2.32. The molecular weight excluding hydrogens is 497 g/mol. The van der Waals surface area contributed by atoms with Crippen LogP contribution in [0.15, 0.2) is 24.5 Å². The molecule has 0 atom stereocenters. The molecule has 4 rings (SSSR count). The molecule has 2 aliphatic rings. The Bertz CT molecular complexity index is 1050. The van der Waals surface area contributed by atoms with Crippen LogP contribution in [0.3, 0.4) is 0 Å². The fourth-order valence-electron chi connectivity index (χ4n) is 5.12. The van der Waals surface area contributed by atoms with Gasteiger partial charge in [0.05, 0.1) is 28.8 Å². The van der Waals surface area contributed by atoms with Crippen molar-refractivity contribution in [2.75, 3.05) is 45.3 Å². The number of pyridine rings is 2. The van der Waals surface area contributed by atoms with Gasteiger partial charge in [-0.2, -0.15) is 5.26 Å². The first-order valence-corrected chi connectivity index (χ1v) is 13.5. The molecule has 0 amide bonds. The summed E-state index contributed by atoms with van der Waals surface area (Å²) in [5.41, 5.74) is 3.05. The average Bonchev–Trinajstić information content (AvgIpc) is 2.91. The molecule has 2 aromatic heterocycles. The highest BCUT2D eigenvalue weighted by Crippen LogP contribution is 2.35. The molecule has 7 nitrogen and oxygen atoms in total. The summed E-state index contributed by atoms with van der Waals surface area (Å²) in [6.45, 7) is 3.36. The molecule has 0 unspecified atom stereocenters. The topological polar surface area (TPSA) is 92.1 Å². The van der Waals surface area contributed by atoms with Crippen LogP contribution in [-0.2, 0) is 15.9 Å². The molecule has 3 heterocycles. The molecule has 1 saturated heterocycles. The van der Waals surface area contributed by atoms with E-state index in [1.165, 1.54) is 25.7 Å². The summed E-state index contributed by atoms with van der Waals surface area (Å²) in [6.07, 6.45) is 10.6. The molecule has 194 valence electrons. The molecule has 0 aromatic carbocycles. The molecule has 2 aromatic rings. The fourth-order valence-corrected chi connectivity index (χ4v) is 5.50. The molecule has 1 aliphatic carbocycles. The summed E-state index contributed by atoms with van der Waals surface area (Å²) in [5.74, 6) is 0.620. The Morgan fingerprint density at radius 1 is 1.14 bits per heavy atom. The van der Waals surface area contributed by atoms with Crippen LogP contribution in [0.1, 0.15) is 44.2 Å². The number of methoxy groups -OCH3 is 1. The number of rotatable bonds is 10. The Balaban J connectivity index is 1.41. The van der Waals surface area contributed by atoms with Gasteiger partial charge >= 0.3 is 0 Å². The maximum Gasteiger partial charge on any atom is 0.152 e. The fraction of sp³-hybridized carbons (Fsp3) is 0.593. The quantitative estimate of drug-likeness (QED) is 0.308. The third-order valence-corrected chi connectivity index (χ3v) is 8.05. The first-order valence-electron chi connectivity index (χ1n) is 12.8. The lowest BCUT2D eigenvalue weighted by Crippen LogP contribution is -2.35. The summed E-state index contributed by atoms with van der Waals surface area (Å²) < 4.78 is 10.6. The second kappa shape index (κ2) is 13.0.